The number of fused-ring (bicyclic) bond motifs is 1. The second-order valence-corrected chi connectivity index (χ2v) is 6.08. The van der Waals surface area contributed by atoms with Crippen molar-refractivity contribution in [3.63, 3.8) is 0 Å². The highest BCUT2D eigenvalue weighted by molar-refractivity contribution is 7.89. The number of carbonyl (C=O) groups is 1. The number of hydrogen-bond donors (Lipinski definition) is 2. The van der Waals surface area contributed by atoms with E-state index in [-0.39, 0.29) is 18.0 Å². The van der Waals surface area contributed by atoms with E-state index in [0.29, 0.717) is 24.2 Å². The summed E-state index contributed by atoms with van der Waals surface area (Å²) in [6.07, 6.45) is 0.382. The zero-order valence-electron chi connectivity index (χ0n) is 9.30. The summed E-state index contributed by atoms with van der Waals surface area (Å²) in [6, 6.07) is 0. The van der Waals surface area contributed by atoms with Gasteiger partial charge in [0.25, 0.3) is 0 Å². The van der Waals surface area contributed by atoms with Crippen LogP contribution in [0.2, 0.25) is 0 Å². The zero-order valence-corrected chi connectivity index (χ0v) is 10.1. The normalized spacial score (nSPS) is 16.8. The summed E-state index contributed by atoms with van der Waals surface area (Å²) in [4.78, 5) is 10.9. The molecule has 0 unspecified atom stereocenters. The molecule has 0 saturated heterocycles. The Morgan fingerprint density at radius 2 is 2.29 bits per heavy atom. The van der Waals surface area contributed by atoms with Crippen LogP contribution in [-0.4, -0.2) is 46.3 Å². The lowest BCUT2D eigenvalue weighted by Crippen LogP contribution is -2.37. The molecule has 1 aromatic heterocycles. The van der Waals surface area contributed by atoms with Gasteiger partial charge in [-0.3, -0.25) is 5.10 Å². The molecular formula is C9H13N3O4S. The van der Waals surface area contributed by atoms with Gasteiger partial charge in [0.1, 0.15) is 0 Å². The number of hydrogen-bond acceptors (Lipinski definition) is 4. The number of nitrogens with zero attached hydrogens (tertiary/aromatic N) is 2. The van der Waals surface area contributed by atoms with Crippen molar-refractivity contribution >= 4 is 16.0 Å². The van der Waals surface area contributed by atoms with E-state index >= 15 is 0 Å². The number of aromatic nitrogens is 2. The van der Waals surface area contributed by atoms with Crippen LogP contribution in [-0.2, 0) is 23.0 Å². The van der Waals surface area contributed by atoms with E-state index in [1.165, 1.54) is 4.31 Å². The fraction of sp³-hybridized carbons (Fsp3) is 0.556. The number of nitrogens with one attached hydrogen (secondary N) is 1. The first-order valence-electron chi connectivity index (χ1n) is 5.23. The van der Waals surface area contributed by atoms with Gasteiger partial charge in [0, 0.05) is 12.1 Å². The fourth-order valence-electron chi connectivity index (χ4n) is 1.89. The third-order valence-corrected chi connectivity index (χ3v) is 4.69. The molecule has 0 saturated carbocycles. The molecule has 17 heavy (non-hydrogen) atoms. The summed E-state index contributed by atoms with van der Waals surface area (Å²) >= 11 is 0. The van der Waals surface area contributed by atoms with Gasteiger partial charge >= 0.3 is 5.97 Å². The van der Waals surface area contributed by atoms with Gasteiger partial charge in [0.2, 0.25) is 10.0 Å². The highest BCUT2D eigenvalue weighted by Crippen LogP contribution is 2.22. The van der Waals surface area contributed by atoms with Crippen molar-refractivity contribution in [2.75, 3.05) is 12.3 Å². The lowest BCUT2D eigenvalue weighted by atomic mass is 10.1. The minimum absolute atomic E-state index is 0.00598. The lowest BCUT2D eigenvalue weighted by Gasteiger charge is -2.25. The molecular weight excluding hydrogens is 246 g/mol. The maximum Gasteiger partial charge on any atom is 0.356 e. The maximum absolute atomic E-state index is 11.7. The van der Waals surface area contributed by atoms with Crippen molar-refractivity contribution in [1.29, 1.82) is 0 Å². The van der Waals surface area contributed by atoms with Crippen molar-refractivity contribution in [3.8, 4) is 0 Å². The highest BCUT2D eigenvalue weighted by atomic mass is 32.2. The Morgan fingerprint density at radius 3 is 2.88 bits per heavy atom. The Kier molecular flexibility index (Phi) is 2.92. The summed E-state index contributed by atoms with van der Waals surface area (Å²) in [5, 5.41) is 15.2. The first kappa shape index (κ1) is 12.1. The van der Waals surface area contributed by atoms with Gasteiger partial charge in [-0.1, -0.05) is 0 Å². The monoisotopic (exact) mass is 259 g/mol. The van der Waals surface area contributed by atoms with Crippen molar-refractivity contribution in [2.24, 2.45) is 0 Å². The van der Waals surface area contributed by atoms with Gasteiger partial charge in [-0.2, -0.15) is 9.40 Å². The second-order valence-electron chi connectivity index (χ2n) is 3.82. The van der Waals surface area contributed by atoms with Crippen molar-refractivity contribution in [1.82, 2.24) is 14.5 Å². The molecule has 0 radical (unpaired) electrons. The van der Waals surface area contributed by atoms with E-state index in [0.717, 1.165) is 0 Å². The summed E-state index contributed by atoms with van der Waals surface area (Å²) in [5.74, 6) is -1.04. The molecule has 1 aliphatic heterocycles. The SMILES string of the molecule is CCS(=O)(=O)N1CCc2c(C(=O)O)n[nH]c2C1. The Hall–Kier alpha value is -1.41. The molecule has 7 nitrogen and oxygen atoms in total. The average Bonchev–Trinajstić information content (AvgIpc) is 2.71. The van der Waals surface area contributed by atoms with Crippen LogP contribution in [0.3, 0.4) is 0 Å². The van der Waals surface area contributed by atoms with Crippen molar-refractivity contribution < 1.29 is 18.3 Å². The van der Waals surface area contributed by atoms with E-state index in [4.69, 9.17) is 5.11 Å². The van der Waals surface area contributed by atoms with Gasteiger partial charge in [0.05, 0.1) is 18.0 Å². The first-order chi connectivity index (χ1) is 7.95. The van der Waals surface area contributed by atoms with E-state index in [2.05, 4.69) is 10.2 Å². The van der Waals surface area contributed by atoms with Gasteiger partial charge in [0.15, 0.2) is 5.69 Å². The number of aromatic amines is 1. The molecule has 0 aliphatic carbocycles. The van der Waals surface area contributed by atoms with E-state index < -0.39 is 16.0 Å². The van der Waals surface area contributed by atoms with Crippen LogP contribution >= 0.6 is 0 Å². The lowest BCUT2D eigenvalue weighted by molar-refractivity contribution is 0.0689. The van der Waals surface area contributed by atoms with E-state index in [1.807, 2.05) is 0 Å². The summed E-state index contributed by atoms with van der Waals surface area (Å²) in [6.45, 7) is 2.06. The molecule has 8 heteroatoms. The molecule has 2 N–H and O–H groups in total. The Bertz CT molecular complexity index is 549. The van der Waals surface area contributed by atoms with Crippen LogP contribution in [0.15, 0.2) is 0 Å². The average molecular weight is 259 g/mol. The number of carboxylic acids is 1. The minimum atomic E-state index is -3.24. The molecule has 0 bridgehead atoms. The Morgan fingerprint density at radius 1 is 1.59 bits per heavy atom. The second kappa shape index (κ2) is 4.11. The fourth-order valence-corrected chi connectivity index (χ4v) is 2.95. The molecule has 1 aromatic rings. The van der Waals surface area contributed by atoms with Gasteiger partial charge in [-0.25, -0.2) is 13.2 Å². The van der Waals surface area contributed by atoms with Crippen LogP contribution in [0, 0.1) is 0 Å². The third-order valence-electron chi connectivity index (χ3n) is 2.86. The molecule has 0 amide bonds. The van der Waals surface area contributed by atoms with E-state index in [9.17, 15) is 13.2 Å². The van der Waals surface area contributed by atoms with E-state index in [1.54, 1.807) is 6.92 Å². The maximum atomic E-state index is 11.7. The largest absolute Gasteiger partial charge is 0.476 e. The predicted octanol–water partition coefficient (Wildman–Crippen LogP) is -0.184. The first-order valence-corrected chi connectivity index (χ1v) is 6.84. The number of rotatable bonds is 3. The highest BCUT2D eigenvalue weighted by Gasteiger charge is 2.29. The van der Waals surface area contributed by atoms with Crippen LogP contribution < -0.4 is 0 Å². The zero-order chi connectivity index (χ0) is 12.6. The number of aromatic carboxylic acids is 1. The molecule has 2 heterocycles. The van der Waals surface area contributed by atoms with Crippen molar-refractivity contribution in [2.45, 2.75) is 19.9 Å². The molecule has 94 valence electrons. The third kappa shape index (κ3) is 2.05. The summed E-state index contributed by atoms with van der Waals surface area (Å²) in [5.41, 5.74) is 1.18. The molecule has 0 spiro atoms. The summed E-state index contributed by atoms with van der Waals surface area (Å²) < 4.78 is 24.7. The standard InChI is InChI=1S/C9H13N3O4S/c1-2-17(15,16)12-4-3-6-7(5-12)10-11-8(6)9(13)14/h2-5H2,1H3,(H,10,11)(H,13,14). The predicted molar refractivity (Wildman–Crippen MR) is 59.1 cm³/mol. The van der Waals surface area contributed by atoms with Crippen LogP contribution in [0.4, 0.5) is 0 Å². The quantitative estimate of drug-likeness (QED) is 0.783. The summed E-state index contributed by atoms with van der Waals surface area (Å²) in [7, 11) is -3.24. The Labute approximate surface area is 98.5 Å². The van der Waals surface area contributed by atoms with Gasteiger partial charge in [-0.15, -0.1) is 0 Å². The number of sulfonamides is 1. The number of carboxylic acid groups (broad SMARTS) is 1. The molecule has 2 rings (SSSR count). The van der Waals surface area contributed by atoms with Crippen LogP contribution in [0.1, 0.15) is 28.7 Å². The Balaban J connectivity index is 2.30. The molecule has 1 aliphatic rings. The van der Waals surface area contributed by atoms with Gasteiger partial charge < -0.3 is 5.11 Å². The number of H-pyrrole nitrogens is 1. The topological polar surface area (TPSA) is 103 Å². The smallest absolute Gasteiger partial charge is 0.356 e. The molecule has 0 atom stereocenters. The van der Waals surface area contributed by atoms with Gasteiger partial charge in [-0.05, 0) is 13.3 Å². The molecule has 0 fully saturated rings. The van der Waals surface area contributed by atoms with Crippen LogP contribution in [0.5, 0.6) is 0 Å². The minimum Gasteiger partial charge on any atom is -0.476 e. The molecule has 0 aromatic carbocycles. The van der Waals surface area contributed by atoms with Crippen molar-refractivity contribution in [3.05, 3.63) is 17.0 Å². The van der Waals surface area contributed by atoms with Crippen LogP contribution in [0.25, 0.3) is 0 Å².